The smallest absolute Gasteiger partial charge is 0.127 e. The maximum absolute atomic E-state index is 5.71. The van der Waals surface area contributed by atoms with Crippen molar-refractivity contribution in [1.82, 2.24) is 9.88 Å². The number of aryl methyl sites for hydroxylation is 1. The summed E-state index contributed by atoms with van der Waals surface area (Å²) in [4.78, 5) is 7.51. The molecule has 3 N–H and O–H groups in total. The molecule has 0 saturated carbocycles. The van der Waals surface area contributed by atoms with Crippen LogP contribution in [0.3, 0.4) is 0 Å². The number of nitrogens with two attached hydrogens (primary N) is 1. The van der Waals surface area contributed by atoms with Crippen LogP contribution in [0, 0.1) is 12.8 Å². The SMILES string of the molecule is Cc1cc(C(N)=S)cc(NC2CN3CCC2CC3)n1. The Morgan fingerprint density at radius 2 is 2.16 bits per heavy atom. The lowest BCUT2D eigenvalue weighted by Crippen LogP contribution is -2.53. The minimum Gasteiger partial charge on any atom is -0.389 e. The molecule has 0 radical (unpaired) electrons. The molecule has 2 bridgehead atoms. The van der Waals surface area contributed by atoms with Gasteiger partial charge >= 0.3 is 0 Å². The molecule has 1 atom stereocenters. The molecule has 3 fully saturated rings. The van der Waals surface area contributed by atoms with Gasteiger partial charge in [-0.05, 0) is 50.9 Å². The first-order valence-corrected chi connectivity index (χ1v) is 7.30. The molecule has 102 valence electrons. The molecule has 0 aromatic carbocycles. The highest BCUT2D eigenvalue weighted by atomic mass is 32.1. The Morgan fingerprint density at radius 1 is 1.42 bits per heavy atom. The molecule has 0 spiro atoms. The Kier molecular flexibility index (Phi) is 3.41. The summed E-state index contributed by atoms with van der Waals surface area (Å²) in [5.41, 5.74) is 7.56. The van der Waals surface area contributed by atoms with Gasteiger partial charge in [0.05, 0.1) is 0 Å². The first-order chi connectivity index (χ1) is 9.11. The van der Waals surface area contributed by atoms with Gasteiger partial charge in [-0.2, -0.15) is 0 Å². The van der Waals surface area contributed by atoms with Gasteiger partial charge in [0.25, 0.3) is 0 Å². The summed E-state index contributed by atoms with van der Waals surface area (Å²) in [6.45, 7) is 5.61. The van der Waals surface area contributed by atoms with Gasteiger partial charge in [0, 0.05) is 23.8 Å². The molecule has 5 heteroatoms. The third kappa shape index (κ3) is 2.72. The maximum atomic E-state index is 5.71. The minimum atomic E-state index is 0.433. The van der Waals surface area contributed by atoms with E-state index in [1.54, 1.807) is 0 Å². The van der Waals surface area contributed by atoms with Gasteiger partial charge in [0.2, 0.25) is 0 Å². The van der Waals surface area contributed by atoms with E-state index >= 15 is 0 Å². The van der Waals surface area contributed by atoms with Gasteiger partial charge in [-0.25, -0.2) is 4.98 Å². The molecule has 1 aromatic heterocycles. The molecular weight excluding hydrogens is 256 g/mol. The molecule has 4 heterocycles. The highest BCUT2D eigenvalue weighted by molar-refractivity contribution is 7.80. The number of fused-ring (bicyclic) bond motifs is 3. The molecule has 4 nitrogen and oxygen atoms in total. The van der Waals surface area contributed by atoms with Gasteiger partial charge in [0.1, 0.15) is 10.8 Å². The average molecular weight is 276 g/mol. The minimum absolute atomic E-state index is 0.433. The number of nitrogens with zero attached hydrogens (tertiary/aromatic N) is 2. The number of hydrogen-bond donors (Lipinski definition) is 2. The molecule has 4 rings (SSSR count). The third-order valence-electron chi connectivity index (χ3n) is 4.23. The zero-order valence-electron chi connectivity index (χ0n) is 11.2. The van der Waals surface area contributed by atoms with Crippen LogP contribution >= 0.6 is 12.2 Å². The molecule has 0 amide bonds. The van der Waals surface area contributed by atoms with Crippen LogP contribution in [0.4, 0.5) is 5.82 Å². The molecule has 1 unspecified atom stereocenters. The number of rotatable bonds is 3. The van der Waals surface area contributed by atoms with Crippen molar-refractivity contribution in [1.29, 1.82) is 0 Å². The van der Waals surface area contributed by atoms with Crippen molar-refractivity contribution < 1.29 is 0 Å². The Bertz CT molecular complexity index is 494. The van der Waals surface area contributed by atoms with Crippen molar-refractivity contribution in [3.63, 3.8) is 0 Å². The second kappa shape index (κ2) is 5.06. The van der Waals surface area contributed by atoms with Crippen molar-refractivity contribution in [3.8, 4) is 0 Å². The summed E-state index contributed by atoms with van der Waals surface area (Å²) < 4.78 is 0. The van der Waals surface area contributed by atoms with Crippen molar-refractivity contribution in [2.75, 3.05) is 25.0 Å². The van der Waals surface area contributed by atoms with Crippen LogP contribution < -0.4 is 11.1 Å². The molecular formula is C14H20N4S. The summed E-state index contributed by atoms with van der Waals surface area (Å²) >= 11 is 5.05. The number of piperidine rings is 3. The van der Waals surface area contributed by atoms with Gasteiger partial charge in [0.15, 0.2) is 0 Å². The molecule has 3 saturated heterocycles. The Balaban J connectivity index is 1.78. The van der Waals surface area contributed by atoms with E-state index in [1.165, 1.54) is 25.9 Å². The van der Waals surface area contributed by atoms with Gasteiger partial charge in [-0.15, -0.1) is 0 Å². The number of hydrogen-bond acceptors (Lipinski definition) is 4. The van der Waals surface area contributed by atoms with Crippen molar-refractivity contribution in [2.45, 2.75) is 25.8 Å². The molecule has 3 aliphatic rings. The van der Waals surface area contributed by atoms with E-state index in [2.05, 4.69) is 15.2 Å². The van der Waals surface area contributed by atoms with Gasteiger partial charge in [-0.1, -0.05) is 12.2 Å². The van der Waals surface area contributed by atoms with E-state index in [1.807, 2.05) is 19.1 Å². The lowest BCUT2D eigenvalue weighted by atomic mass is 9.84. The Hall–Kier alpha value is -1.20. The second-order valence-electron chi connectivity index (χ2n) is 5.64. The van der Waals surface area contributed by atoms with Crippen LogP contribution in [-0.2, 0) is 0 Å². The van der Waals surface area contributed by atoms with Crippen molar-refractivity contribution in [2.24, 2.45) is 11.7 Å². The van der Waals surface area contributed by atoms with Crippen LogP contribution in [0.1, 0.15) is 24.1 Å². The molecule has 3 aliphatic heterocycles. The van der Waals surface area contributed by atoms with E-state index in [0.717, 1.165) is 29.5 Å². The standard InChI is InChI=1S/C14H20N4S/c1-9-6-11(14(15)19)7-13(16-9)17-12-8-18-4-2-10(12)3-5-18/h6-7,10,12H,2-5,8H2,1H3,(H2,15,19)(H,16,17). The number of anilines is 1. The zero-order chi connectivity index (χ0) is 13.4. The zero-order valence-corrected chi connectivity index (χ0v) is 12.0. The fourth-order valence-electron chi connectivity index (χ4n) is 3.20. The number of nitrogens with one attached hydrogen (secondary N) is 1. The lowest BCUT2D eigenvalue weighted by molar-refractivity contribution is 0.0974. The van der Waals surface area contributed by atoms with Crippen LogP contribution in [0.15, 0.2) is 12.1 Å². The quantitative estimate of drug-likeness (QED) is 0.820. The summed E-state index contributed by atoms with van der Waals surface area (Å²) in [5, 5.41) is 3.58. The van der Waals surface area contributed by atoms with E-state index < -0.39 is 0 Å². The first-order valence-electron chi connectivity index (χ1n) is 6.89. The summed E-state index contributed by atoms with van der Waals surface area (Å²) in [7, 11) is 0. The maximum Gasteiger partial charge on any atom is 0.127 e. The topological polar surface area (TPSA) is 54.2 Å². The molecule has 1 aromatic rings. The van der Waals surface area contributed by atoms with Crippen LogP contribution in [0.5, 0.6) is 0 Å². The summed E-state index contributed by atoms with van der Waals surface area (Å²) in [6.07, 6.45) is 2.59. The Morgan fingerprint density at radius 3 is 2.74 bits per heavy atom. The number of thiocarbonyl (C=S) groups is 1. The van der Waals surface area contributed by atoms with E-state index in [-0.39, 0.29) is 0 Å². The van der Waals surface area contributed by atoms with E-state index in [0.29, 0.717) is 11.0 Å². The normalized spacial score (nSPS) is 29.2. The lowest BCUT2D eigenvalue weighted by Gasteiger charge is -2.45. The predicted octanol–water partition coefficient (Wildman–Crippen LogP) is 1.53. The third-order valence-corrected chi connectivity index (χ3v) is 4.46. The van der Waals surface area contributed by atoms with Crippen molar-refractivity contribution >= 4 is 23.0 Å². The average Bonchev–Trinajstić information content (AvgIpc) is 2.39. The Labute approximate surface area is 119 Å². The van der Waals surface area contributed by atoms with E-state index in [4.69, 9.17) is 18.0 Å². The summed E-state index contributed by atoms with van der Waals surface area (Å²) in [6, 6.07) is 4.41. The monoisotopic (exact) mass is 276 g/mol. The van der Waals surface area contributed by atoms with Crippen LogP contribution in [-0.4, -0.2) is 40.5 Å². The fraction of sp³-hybridized carbons (Fsp3) is 0.571. The number of pyridine rings is 1. The van der Waals surface area contributed by atoms with Gasteiger partial charge in [-0.3, -0.25) is 0 Å². The fourth-order valence-corrected chi connectivity index (χ4v) is 3.32. The van der Waals surface area contributed by atoms with Crippen LogP contribution in [0.2, 0.25) is 0 Å². The van der Waals surface area contributed by atoms with Gasteiger partial charge < -0.3 is 16.0 Å². The van der Waals surface area contributed by atoms with E-state index in [9.17, 15) is 0 Å². The molecule has 19 heavy (non-hydrogen) atoms. The second-order valence-corrected chi connectivity index (χ2v) is 6.08. The van der Waals surface area contributed by atoms with Crippen LogP contribution in [0.25, 0.3) is 0 Å². The van der Waals surface area contributed by atoms with Crippen molar-refractivity contribution in [3.05, 3.63) is 23.4 Å². The number of aromatic nitrogens is 1. The summed E-state index contributed by atoms with van der Waals surface area (Å²) in [5.74, 6) is 1.68. The highest BCUT2D eigenvalue weighted by Crippen LogP contribution is 2.29. The first kappa shape index (κ1) is 12.8. The highest BCUT2D eigenvalue weighted by Gasteiger charge is 2.34. The largest absolute Gasteiger partial charge is 0.389 e. The predicted molar refractivity (Wildman–Crippen MR) is 81.4 cm³/mol. The molecule has 0 aliphatic carbocycles.